The van der Waals surface area contributed by atoms with Crippen LogP contribution in [0.2, 0.25) is 0 Å². The van der Waals surface area contributed by atoms with E-state index in [9.17, 15) is 4.39 Å². The molecule has 1 unspecified atom stereocenters. The smallest absolute Gasteiger partial charge is 0.137 e. The van der Waals surface area contributed by atoms with E-state index < -0.39 is 0 Å². The summed E-state index contributed by atoms with van der Waals surface area (Å²) in [6, 6.07) is 21.5. The Balaban J connectivity index is 1.42. The summed E-state index contributed by atoms with van der Waals surface area (Å²) in [7, 11) is 0. The van der Waals surface area contributed by atoms with Crippen molar-refractivity contribution in [3.05, 3.63) is 101 Å². The quantitative estimate of drug-likeness (QED) is 0.138. The first kappa shape index (κ1) is 23.8. The van der Waals surface area contributed by atoms with Gasteiger partial charge in [-0.05, 0) is 83.8 Å². The molecule has 0 heterocycles. The number of fused-ring (bicyclic) bond motifs is 1. The summed E-state index contributed by atoms with van der Waals surface area (Å²) in [6.45, 7) is 4.40. The minimum absolute atomic E-state index is 0.183. The summed E-state index contributed by atoms with van der Waals surface area (Å²) in [4.78, 5) is 6.18. The second-order valence-corrected chi connectivity index (χ2v) is 8.98. The number of para-hydroxylation sites is 1. The van der Waals surface area contributed by atoms with Crippen LogP contribution in [0, 0.1) is 12.7 Å². The summed E-state index contributed by atoms with van der Waals surface area (Å²) in [6.07, 6.45) is 8.31. The predicted octanol–water partition coefficient (Wildman–Crippen LogP) is 7.65. The number of thioether (sulfide) groups is 1. The Labute approximate surface area is 205 Å². The molecule has 174 valence electrons. The fourth-order valence-corrected chi connectivity index (χ4v) is 4.46. The van der Waals surface area contributed by atoms with Gasteiger partial charge in [-0.25, -0.2) is 4.39 Å². The van der Waals surface area contributed by atoms with Gasteiger partial charge in [0.2, 0.25) is 0 Å². The molecule has 3 aromatic rings. The van der Waals surface area contributed by atoms with Gasteiger partial charge in [0.1, 0.15) is 24.3 Å². The normalized spacial score (nSPS) is 14.8. The number of oxime groups is 1. The Morgan fingerprint density at radius 1 is 1.03 bits per heavy atom. The van der Waals surface area contributed by atoms with Crippen molar-refractivity contribution in [1.29, 1.82) is 0 Å². The maximum Gasteiger partial charge on any atom is 0.137 e. The van der Waals surface area contributed by atoms with Crippen molar-refractivity contribution < 1.29 is 14.0 Å². The first-order chi connectivity index (χ1) is 16.5. The Hall–Kier alpha value is -3.31. The van der Waals surface area contributed by atoms with Crippen LogP contribution in [0.25, 0.3) is 17.2 Å². The van der Waals surface area contributed by atoms with Crippen molar-refractivity contribution in [3.63, 3.8) is 0 Å². The second kappa shape index (κ2) is 11.2. The van der Waals surface area contributed by atoms with E-state index in [4.69, 9.17) is 9.57 Å². The van der Waals surface area contributed by atoms with E-state index in [0.717, 1.165) is 34.4 Å². The van der Waals surface area contributed by atoms with Crippen LogP contribution in [0.4, 0.5) is 4.39 Å². The highest BCUT2D eigenvalue weighted by Gasteiger charge is 2.18. The molecule has 0 aromatic heterocycles. The number of hydrogen-bond donors (Lipinski definition) is 0. The molecule has 0 amide bonds. The molecule has 3 aromatic carbocycles. The molecule has 0 fully saturated rings. The molecule has 1 aliphatic rings. The van der Waals surface area contributed by atoms with E-state index in [2.05, 4.69) is 29.4 Å². The number of halogens is 1. The zero-order valence-electron chi connectivity index (χ0n) is 19.6. The SMILES string of the molecule is CSc1cc(C)c(/C=C2/C=C(CCON=CC(C)Oc3ccccc3)c3ccccc32)cc1F. The molecule has 0 saturated carbocycles. The zero-order valence-corrected chi connectivity index (χ0v) is 20.4. The number of ether oxygens (including phenoxy) is 1. The average Bonchev–Trinajstić information content (AvgIpc) is 3.19. The lowest BCUT2D eigenvalue weighted by Crippen LogP contribution is -2.13. The highest BCUT2D eigenvalue weighted by Crippen LogP contribution is 2.38. The van der Waals surface area contributed by atoms with Gasteiger partial charge in [-0.3, -0.25) is 0 Å². The van der Waals surface area contributed by atoms with E-state index in [1.165, 1.54) is 22.9 Å². The molecular weight excluding hydrogens is 445 g/mol. The van der Waals surface area contributed by atoms with Gasteiger partial charge in [0.05, 0.1) is 6.21 Å². The average molecular weight is 474 g/mol. The summed E-state index contributed by atoms with van der Waals surface area (Å²) >= 11 is 1.42. The largest absolute Gasteiger partial charge is 0.485 e. The van der Waals surface area contributed by atoms with Crippen LogP contribution in [-0.2, 0) is 4.84 Å². The van der Waals surface area contributed by atoms with E-state index in [0.29, 0.717) is 11.5 Å². The number of nitrogens with zero attached hydrogens (tertiary/aromatic N) is 1. The fraction of sp³-hybridized carbons (Fsp3) is 0.207. The molecule has 0 saturated heterocycles. The van der Waals surface area contributed by atoms with Crippen LogP contribution in [0.3, 0.4) is 0 Å². The van der Waals surface area contributed by atoms with E-state index in [-0.39, 0.29) is 11.9 Å². The maximum atomic E-state index is 14.4. The monoisotopic (exact) mass is 473 g/mol. The highest BCUT2D eigenvalue weighted by molar-refractivity contribution is 7.98. The first-order valence-corrected chi connectivity index (χ1v) is 12.5. The van der Waals surface area contributed by atoms with Gasteiger partial charge in [0.25, 0.3) is 0 Å². The van der Waals surface area contributed by atoms with Gasteiger partial charge in [0, 0.05) is 11.3 Å². The molecule has 3 nitrogen and oxygen atoms in total. The third kappa shape index (κ3) is 5.78. The number of benzene rings is 3. The summed E-state index contributed by atoms with van der Waals surface area (Å²) in [5, 5.41) is 4.07. The van der Waals surface area contributed by atoms with Crippen molar-refractivity contribution in [3.8, 4) is 5.75 Å². The Morgan fingerprint density at radius 2 is 1.76 bits per heavy atom. The third-order valence-electron chi connectivity index (χ3n) is 5.64. The highest BCUT2D eigenvalue weighted by atomic mass is 32.2. The van der Waals surface area contributed by atoms with Crippen molar-refractivity contribution in [2.45, 2.75) is 31.3 Å². The zero-order chi connectivity index (χ0) is 23.9. The lowest BCUT2D eigenvalue weighted by molar-refractivity contribution is 0.148. The van der Waals surface area contributed by atoms with E-state index >= 15 is 0 Å². The molecule has 5 heteroatoms. The Morgan fingerprint density at radius 3 is 2.53 bits per heavy atom. The molecule has 34 heavy (non-hydrogen) atoms. The molecule has 4 rings (SSSR count). The number of rotatable bonds is 9. The van der Waals surface area contributed by atoms with Crippen LogP contribution in [0.15, 0.2) is 82.9 Å². The van der Waals surface area contributed by atoms with Crippen LogP contribution in [0.1, 0.15) is 35.6 Å². The van der Waals surface area contributed by atoms with E-state index in [1.807, 2.05) is 68.6 Å². The minimum Gasteiger partial charge on any atom is -0.485 e. The topological polar surface area (TPSA) is 30.8 Å². The number of allylic oxidation sites excluding steroid dienone is 2. The molecule has 1 aliphatic carbocycles. The lowest BCUT2D eigenvalue weighted by atomic mass is 10.0. The van der Waals surface area contributed by atoms with Gasteiger partial charge >= 0.3 is 0 Å². The fourth-order valence-electron chi connectivity index (χ4n) is 3.92. The molecule has 0 spiro atoms. The maximum absolute atomic E-state index is 14.4. The van der Waals surface area contributed by atoms with Gasteiger partial charge in [0.15, 0.2) is 0 Å². The molecule has 0 N–H and O–H groups in total. The molecule has 1 atom stereocenters. The van der Waals surface area contributed by atoms with Crippen LogP contribution < -0.4 is 4.74 Å². The molecular formula is C29H28FNO2S. The summed E-state index contributed by atoms with van der Waals surface area (Å²) in [5.41, 5.74) is 6.55. The van der Waals surface area contributed by atoms with Gasteiger partial charge in [-0.2, -0.15) is 0 Å². The van der Waals surface area contributed by atoms with Crippen molar-refractivity contribution in [2.24, 2.45) is 5.16 Å². The standard InChI is InChI=1S/C29H28FNO2S/c1-20-15-29(34-3)28(30)18-23(20)17-24-16-22(26-11-7-8-12-27(24)26)13-14-32-31-19-21(2)33-25-9-5-4-6-10-25/h4-12,15-19,21H,13-14H2,1-3H3/b24-17-,31-19?. The Bertz CT molecular complexity index is 1230. The van der Waals surface area contributed by atoms with Gasteiger partial charge in [-0.15, -0.1) is 11.8 Å². The number of hydrogen-bond acceptors (Lipinski definition) is 4. The van der Waals surface area contributed by atoms with Crippen LogP contribution >= 0.6 is 11.8 Å². The minimum atomic E-state index is -0.190. The van der Waals surface area contributed by atoms with Crippen molar-refractivity contribution in [1.82, 2.24) is 0 Å². The summed E-state index contributed by atoms with van der Waals surface area (Å²) < 4.78 is 20.2. The van der Waals surface area contributed by atoms with E-state index in [1.54, 1.807) is 12.3 Å². The van der Waals surface area contributed by atoms with Crippen LogP contribution in [-0.4, -0.2) is 25.2 Å². The van der Waals surface area contributed by atoms with Crippen molar-refractivity contribution in [2.75, 3.05) is 12.9 Å². The second-order valence-electron chi connectivity index (χ2n) is 8.13. The number of aryl methyl sites for hydroxylation is 1. The summed E-state index contributed by atoms with van der Waals surface area (Å²) in [5.74, 6) is 0.615. The molecule has 0 radical (unpaired) electrons. The van der Waals surface area contributed by atoms with Gasteiger partial charge in [-0.1, -0.05) is 53.7 Å². The predicted molar refractivity (Wildman–Crippen MR) is 141 cm³/mol. The first-order valence-electron chi connectivity index (χ1n) is 11.3. The Kier molecular flexibility index (Phi) is 7.86. The van der Waals surface area contributed by atoms with Crippen molar-refractivity contribution >= 4 is 35.2 Å². The van der Waals surface area contributed by atoms with Crippen LogP contribution in [0.5, 0.6) is 5.75 Å². The molecule has 0 aliphatic heterocycles. The lowest BCUT2D eigenvalue weighted by Gasteiger charge is -2.09. The molecule has 0 bridgehead atoms. The van der Waals surface area contributed by atoms with Gasteiger partial charge < -0.3 is 9.57 Å². The third-order valence-corrected chi connectivity index (χ3v) is 6.39.